The quantitative estimate of drug-likeness (QED) is 0.535. The van der Waals surface area contributed by atoms with Crippen LogP contribution in [0.5, 0.6) is 0 Å². The summed E-state index contributed by atoms with van der Waals surface area (Å²) in [6.45, 7) is 0. The number of halogens is 3. The molecule has 3 aromatic rings. The van der Waals surface area contributed by atoms with Crippen LogP contribution < -0.4 is 0 Å². The van der Waals surface area contributed by atoms with Crippen molar-refractivity contribution in [1.29, 1.82) is 0 Å². The molecule has 0 unspecified atom stereocenters. The zero-order valence-electron chi connectivity index (χ0n) is 9.86. The minimum Gasteiger partial charge on any atom is -0.354 e. The van der Waals surface area contributed by atoms with Crippen molar-refractivity contribution in [3.63, 3.8) is 0 Å². The van der Waals surface area contributed by atoms with Gasteiger partial charge in [0.05, 0.1) is 21.5 Å². The Kier molecular flexibility index (Phi) is 2.47. The van der Waals surface area contributed by atoms with Gasteiger partial charge in [-0.05, 0) is 12.1 Å². The summed E-state index contributed by atoms with van der Waals surface area (Å²) in [5.74, 6) is 0. The lowest BCUT2D eigenvalue weighted by Crippen LogP contribution is -2.05. The van der Waals surface area contributed by atoms with Gasteiger partial charge >= 0.3 is 6.18 Å². The summed E-state index contributed by atoms with van der Waals surface area (Å²) < 4.78 is 38.8. The van der Waals surface area contributed by atoms with E-state index in [1.165, 1.54) is 24.3 Å². The number of benzene rings is 2. The van der Waals surface area contributed by atoms with Crippen molar-refractivity contribution in [3.05, 3.63) is 52.1 Å². The maximum atomic E-state index is 12.9. The minimum absolute atomic E-state index is 0.0597. The molecule has 7 heteroatoms. The molecule has 0 fully saturated rings. The second kappa shape index (κ2) is 3.96. The van der Waals surface area contributed by atoms with Crippen LogP contribution in [0.3, 0.4) is 0 Å². The van der Waals surface area contributed by atoms with E-state index in [9.17, 15) is 23.3 Å². The van der Waals surface area contributed by atoms with Crippen molar-refractivity contribution >= 4 is 27.5 Å². The number of hydrogen-bond donors (Lipinski definition) is 1. The monoisotopic (exact) mass is 280 g/mol. The van der Waals surface area contributed by atoms with Crippen molar-refractivity contribution in [2.45, 2.75) is 6.18 Å². The van der Waals surface area contributed by atoms with E-state index in [0.29, 0.717) is 16.3 Å². The van der Waals surface area contributed by atoms with Crippen LogP contribution in [0.4, 0.5) is 18.9 Å². The van der Waals surface area contributed by atoms with Gasteiger partial charge in [-0.2, -0.15) is 13.2 Å². The second-order valence-electron chi connectivity index (χ2n) is 4.34. The number of alkyl halides is 3. The third kappa shape index (κ3) is 1.78. The normalized spacial score (nSPS) is 12.2. The van der Waals surface area contributed by atoms with Crippen molar-refractivity contribution in [3.8, 4) is 0 Å². The van der Waals surface area contributed by atoms with Gasteiger partial charge in [0.2, 0.25) is 0 Å². The van der Waals surface area contributed by atoms with Crippen LogP contribution in [-0.4, -0.2) is 9.91 Å². The molecule has 102 valence electrons. The van der Waals surface area contributed by atoms with Crippen molar-refractivity contribution in [2.24, 2.45) is 0 Å². The Morgan fingerprint density at radius 2 is 1.85 bits per heavy atom. The van der Waals surface area contributed by atoms with Crippen LogP contribution in [0.25, 0.3) is 21.8 Å². The molecule has 1 aromatic heterocycles. The first kappa shape index (κ1) is 12.5. The molecule has 0 spiro atoms. The molecule has 1 heterocycles. The molecule has 0 amide bonds. The lowest BCUT2D eigenvalue weighted by molar-refractivity contribution is -0.384. The average Bonchev–Trinajstić information content (AvgIpc) is 2.74. The number of aromatic nitrogens is 1. The lowest BCUT2D eigenvalue weighted by Gasteiger charge is -2.07. The van der Waals surface area contributed by atoms with E-state index >= 15 is 0 Å². The van der Waals surface area contributed by atoms with E-state index in [0.717, 1.165) is 6.07 Å². The van der Waals surface area contributed by atoms with E-state index in [2.05, 4.69) is 4.98 Å². The molecule has 4 nitrogen and oxygen atoms in total. The molecule has 20 heavy (non-hydrogen) atoms. The van der Waals surface area contributed by atoms with Crippen molar-refractivity contribution in [1.82, 2.24) is 4.98 Å². The van der Waals surface area contributed by atoms with Gasteiger partial charge in [-0.1, -0.05) is 12.1 Å². The zero-order chi connectivity index (χ0) is 14.5. The highest BCUT2D eigenvalue weighted by atomic mass is 19.4. The van der Waals surface area contributed by atoms with Crippen LogP contribution >= 0.6 is 0 Å². The number of H-pyrrole nitrogens is 1. The van der Waals surface area contributed by atoms with Crippen LogP contribution in [0.2, 0.25) is 0 Å². The standard InChI is InChI=1S/C13H7F3N2O2/c14-13(15,16)10-3-1-2-9-8-5-4-7(18(19)20)6-11(8)17-12(9)10/h1-6,17H. The van der Waals surface area contributed by atoms with E-state index in [4.69, 9.17) is 0 Å². The number of non-ortho nitro benzene ring substituents is 1. The van der Waals surface area contributed by atoms with Crippen LogP contribution in [0, 0.1) is 10.1 Å². The summed E-state index contributed by atoms with van der Waals surface area (Å²) in [6, 6.07) is 7.80. The molecule has 0 aliphatic carbocycles. The van der Waals surface area contributed by atoms with Gasteiger partial charge < -0.3 is 4.98 Å². The predicted molar refractivity (Wildman–Crippen MR) is 67.5 cm³/mol. The molecule has 0 saturated carbocycles. The fraction of sp³-hybridized carbons (Fsp3) is 0.0769. The first-order chi connectivity index (χ1) is 9.38. The van der Waals surface area contributed by atoms with Crippen LogP contribution in [0.1, 0.15) is 5.56 Å². The summed E-state index contributed by atoms with van der Waals surface area (Å²) in [4.78, 5) is 12.7. The Balaban J connectivity index is 2.38. The summed E-state index contributed by atoms with van der Waals surface area (Å²) in [5, 5.41) is 11.6. The fourth-order valence-electron chi connectivity index (χ4n) is 2.27. The molecular weight excluding hydrogens is 273 g/mol. The summed E-state index contributed by atoms with van der Waals surface area (Å²) in [6.07, 6.45) is -4.48. The summed E-state index contributed by atoms with van der Waals surface area (Å²) in [7, 11) is 0. The zero-order valence-corrected chi connectivity index (χ0v) is 9.86. The maximum Gasteiger partial charge on any atom is 0.418 e. The van der Waals surface area contributed by atoms with Crippen molar-refractivity contribution < 1.29 is 18.1 Å². The predicted octanol–water partition coefficient (Wildman–Crippen LogP) is 4.25. The van der Waals surface area contributed by atoms with E-state index < -0.39 is 16.7 Å². The number of aromatic amines is 1. The molecule has 0 atom stereocenters. The number of nitrogens with zero attached hydrogens (tertiary/aromatic N) is 1. The largest absolute Gasteiger partial charge is 0.418 e. The Morgan fingerprint density at radius 3 is 2.50 bits per heavy atom. The molecule has 1 N–H and O–H groups in total. The van der Waals surface area contributed by atoms with Gasteiger partial charge in [0.25, 0.3) is 5.69 Å². The Bertz CT molecular complexity index is 837. The molecule has 3 rings (SSSR count). The van der Waals surface area contributed by atoms with E-state index in [1.54, 1.807) is 6.07 Å². The van der Waals surface area contributed by atoms with Crippen molar-refractivity contribution in [2.75, 3.05) is 0 Å². The number of nitro groups is 1. The van der Waals surface area contributed by atoms with Crippen LogP contribution in [-0.2, 0) is 6.18 Å². The third-order valence-corrected chi connectivity index (χ3v) is 3.13. The highest BCUT2D eigenvalue weighted by molar-refractivity contribution is 6.08. The fourth-order valence-corrected chi connectivity index (χ4v) is 2.27. The summed E-state index contributed by atoms with van der Waals surface area (Å²) >= 11 is 0. The molecule has 0 aliphatic heterocycles. The Hall–Kier alpha value is -2.57. The Labute approximate surface area is 110 Å². The van der Waals surface area contributed by atoms with Gasteiger partial charge in [0, 0.05) is 22.9 Å². The molecular formula is C13H7F3N2O2. The first-order valence-corrected chi connectivity index (χ1v) is 5.64. The molecule has 0 bridgehead atoms. The first-order valence-electron chi connectivity index (χ1n) is 5.64. The number of rotatable bonds is 1. The molecule has 0 radical (unpaired) electrons. The number of nitrogens with one attached hydrogen (secondary N) is 1. The van der Waals surface area contributed by atoms with E-state index in [1.807, 2.05) is 0 Å². The molecule has 2 aromatic carbocycles. The Morgan fingerprint density at radius 1 is 1.10 bits per heavy atom. The average molecular weight is 280 g/mol. The molecule has 0 aliphatic rings. The number of para-hydroxylation sites is 1. The lowest BCUT2D eigenvalue weighted by atomic mass is 10.1. The van der Waals surface area contributed by atoms with Gasteiger partial charge in [0.1, 0.15) is 0 Å². The van der Waals surface area contributed by atoms with E-state index in [-0.39, 0.29) is 11.2 Å². The van der Waals surface area contributed by atoms with Gasteiger partial charge in [-0.25, -0.2) is 0 Å². The molecule has 0 saturated heterocycles. The highest BCUT2D eigenvalue weighted by Crippen LogP contribution is 2.37. The second-order valence-corrected chi connectivity index (χ2v) is 4.34. The van der Waals surface area contributed by atoms with Gasteiger partial charge in [-0.3, -0.25) is 10.1 Å². The minimum atomic E-state index is -4.48. The number of hydrogen-bond acceptors (Lipinski definition) is 2. The van der Waals surface area contributed by atoms with Gasteiger partial charge in [0.15, 0.2) is 0 Å². The van der Waals surface area contributed by atoms with Crippen LogP contribution in [0.15, 0.2) is 36.4 Å². The maximum absolute atomic E-state index is 12.9. The third-order valence-electron chi connectivity index (χ3n) is 3.13. The SMILES string of the molecule is O=[N+]([O-])c1ccc2c(c1)[nH]c1c(C(F)(F)F)cccc12. The topological polar surface area (TPSA) is 58.9 Å². The summed E-state index contributed by atoms with van der Waals surface area (Å²) in [5.41, 5.74) is -0.701. The smallest absolute Gasteiger partial charge is 0.354 e. The number of nitro benzene ring substituents is 1. The highest BCUT2D eigenvalue weighted by Gasteiger charge is 2.33. The van der Waals surface area contributed by atoms with Gasteiger partial charge in [-0.15, -0.1) is 0 Å². The number of fused-ring (bicyclic) bond motifs is 3.